The monoisotopic (exact) mass is 440 g/mol. The predicted octanol–water partition coefficient (Wildman–Crippen LogP) is 3.97. The van der Waals surface area contributed by atoms with Gasteiger partial charge in [-0.3, -0.25) is 9.59 Å². The molecule has 0 aliphatic carbocycles. The molecular weight excluding hydrogens is 416 g/mol. The molecule has 2 N–H and O–H groups in total. The van der Waals surface area contributed by atoms with Crippen LogP contribution in [0.2, 0.25) is 5.02 Å². The van der Waals surface area contributed by atoms with Crippen LogP contribution < -0.4 is 15.4 Å². The van der Waals surface area contributed by atoms with Gasteiger partial charge in [0.15, 0.2) is 0 Å². The summed E-state index contributed by atoms with van der Waals surface area (Å²) < 4.78 is 11.0. The van der Waals surface area contributed by atoms with E-state index in [2.05, 4.69) is 10.6 Å². The lowest BCUT2D eigenvalue weighted by atomic mass is 10.0. The average Bonchev–Trinajstić information content (AvgIpc) is 2.77. The minimum absolute atomic E-state index is 0.137. The quantitative estimate of drug-likeness (QED) is 0.481. The van der Waals surface area contributed by atoms with Gasteiger partial charge in [-0.05, 0) is 61.4 Å². The highest BCUT2D eigenvalue weighted by atomic mass is 35.5. The molecule has 7 heteroatoms. The van der Waals surface area contributed by atoms with Crippen LogP contribution in [0.1, 0.15) is 29.3 Å². The number of para-hydroxylation sites is 1. The van der Waals surface area contributed by atoms with Crippen LogP contribution >= 0.6 is 11.6 Å². The van der Waals surface area contributed by atoms with Crippen molar-refractivity contribution >= 4 is 29.5 Å². The van der Waals surface area contributed by atoms with Gasteiger partial charge in [-0.15, -0.1) is 0 Å². The van der Waals surface area contributed by atoms with Crippen LogP contribution in [0.5, 0.6) is 5.75 Å². The van der Waals surface area contributed by atoms with Crippen LogP contribution in [-0.4, -0.2) is 38.2 Å². The molecule has 0 saturated carbocycles. The molecule has 3 rings (SSSR count). The number of ether oxygens (including phenoxy) is 2. The molecule has 2 aromatic rings. The van der Waals surface area contributed by atoms with Gasteiger partial charge >= 0.3 is 0 Å². The smallest absolute Gasteiger partial charge is 0.267 e. The number of hydrogen-bond acceptors (Lipinski definition) is 4. The molecule has 0 fully saturated rings. The number of fused-ring (bicyclic) bond motifs is 1. The highest BCUT2D eigenvalue weighted by Crippen LogP contribution is 2.30. The molecule has 6 nitrogen and oxygen atoms in total. The molecule has 2 aromatic carbocycles. The van der Waals surface area contributed by atoms with Gasteiger partial charge in [0.2, 0.25) is 0 Å². The van der Waals surface area contributed by atoms with Crippen molar-refractivity contribution in [3.8, 4) is 5.75 Å². The second-order valence-electron chi connectivity index (χ2n) is 7.06. The molecule has 1 aliphatic rings. The van der Waals surface area contributed by atoms with E-state index in [-0.39, 0.29) is 17.7 Å². The van der Waals surface area contributed by atoms with Crippen LogP contribution in [0.3, 0.4) is 0 Å². The lowest BCUT2D eigenvalue weighted by molar-refractivity contribution is -0.117. The third-order valence-corrected chi connectivity index (χ3v) is 4.99. The maximum atomic E-state index is 12.8. The molecule has 0 saturated heterocycles. The van der Waals surface area contributed by atoms with Gasteiger partial charge in [0.05, 0.1) is 0 Å². The van der Waals surface area contributed by atoms with E-state index in [1.54, 1.807) is 37.5 Å². The number of halogens is 1. The molecule has 0 radical (unpaired) electrons. The first-order chi connectivity index (χ1) is 15.0. The van der Waals surface area contributed by atoms with Crippen molar-refractivity contribution in [2.45, 2.75) is 19.4 Å². The first-order valence-electron chi connectivity index (χ1n) is 10.0. The summed E-state index contributed by atoms with van der Waals surface area (Å²) in [5.41, 5.74) is 2.22. The fourth-order valence-corrected chi connectivity index (χ4v) is 3.18. The normalized spacial score (nSPS) is 15.4. The second kappa shape index (κ2) is 10.8. The van der Waals surface area contributed by atoms with E-state index in [0.29, 0.717) is 30.2 Å². The van der Waals surface area contributed by atoms with Crippen molar-refractivity contribution in [1.82, 2.24) is 10.6 Å². The molecule has 31 heavy (non-hydrogen) atoms. The fourth-order valence-electron chi connectivity index (χ4n) is 3.06. The summed E-state index contributed by atoms with van der Waals surface area (Å²) in [5.74, 6) is -0.00590. The first-order valence-corrected chi connectivity index (χ1v) is 10.4. The fraction of sp³-hybridized carbons (Fsp3) is 0.250. The highest BCUT2D eigenvalue weighted by Gasteiger charge is 2.21. The van der Waals surface area contributed by atoms with Crippen molar-refractivity contribution in [1.29, 1.82) is 0 Å². The molecule has 2 amide bonds. The maximum Gasteiger partial charge on any atom is 0.267 e. The van der Waals surface area contributed by atoms with Gasteiger partial charge < -0.3 is 20.1 Å². The Morgan fingerprint density at radius 2 is 1.90 bits per heavy atom. The minimum atomic E-state index is -0.402. The summed E-state index contributed by atoms with van der Waals surface area (Å²) in [6.45, 7) is 2.85. The summed E-state index contributed by atoms with van der Waals surface area (Å²) in [4.78, 5) is 25.6. The molecule has 0 bridgehead atoms. The Kier molecular flexibility index (Phi) is 7.87. The van der Waals surface area contributed by atoms with Crippen molar-refractivity contribution in [3.05, 3.63) is 82.0 Å². The summed E-state index contributed by atoms with van der Waals surface area (Å²) in [6.07, 6.45) is 3.99. The molecule has 0 spiro atoms. The van der Waals surface area contributed by atoms with Gasteiger partial charge in [-0.2, -0.15) is 0 Å². The Labute approximate surface area is 186 Å². The van der Waals surface area contributed by atoms with Gasteiger partial charge in [0, 0.05) is 36.4 Å². The lowest BCUT2D eigenvalue weighted by Gasteiger charge is -2.23. The molecule has 0 aromatic heterocycles. The first kappa shape index (κ1) is 22.6. The largest absolute Gasteiger partial charge is 0.485 e. The number of amides is 2. The molecule has 1 aliphatic heterocycles. The number of methoxy groups -OCH3 is 1. The van der Waals surface area contributed by atoms with E-state index >= 15 is 0 Å². The predicted molar refractivity (Wildman–Crippen MR) is 121 cm³/mol. The van der Waals surface area contributed by atoms with Gasteiger partial charge in [-0.1, -0.05) is 29.8 Å². The van der Waals surface area contributed by atoms with Crippen molar-refractivity contribution in [2.24, 2.45) is 0 Å². The SMILES string of the molecule is COCCCNC(=O)/C(=C\C1=Cc2ccccc2OC1C)NC(=O)c1ccc(Cl)cc1. The van der Waals surface area contributed by atoms with Crippen LogP contribution in [-0.2, 0) is 9.53 Å². The van der Waals surface area contributed by atoms with Crippen LogP contribution in [0.25, 0.3) is 6.08 Å². The van der Waals surface area contributed by atoms with E-state index in [0.717, 1.165) is 16.9 Å². The molecule has 1 heterocycles. The number of hydrogen-bond donors (Lipinski definition) is 2. The Balaban J connectivity index is 1.86. The molecule has 1 unspecified atom stereocenters. The van der Waals surface area contributed by atoms with Gasteiger partial charge in [-0.25, -0.2) is 0 Å². The third kappa shape index (κ3) is 6.20. The van der Waals surface area contributed by atoms with Crippen molar-refractivity contribution < 1.29 is 19.1 Å². The summed E-state index contributed by atoms with van der Waals surface area (Å²) >= 11 is 5.90. The third-order valence-electron chi connectivity index (χ3n) is 4.74. The van der Waals surface area contributed by atoms with Crippen molar-refractivity contribution in [3.63, 3.8) is 0 Å². The Bertz CT molecular complexity index is 999. The number of benzene rings is 2. The molecular formula is C24H25ClN2O4. The number of carbonyl (C=O) groups is 2. The van der Waals surface area contributed by atoms with Crippen molar-refractivity contribution in [2.75, 3.05) is 20.3 Å². The van der Waals surface area contributed by atoms with E-state index in [1.165, 1.54) is 0 Å². The van der Waals surface area contributed by atoms with E-state index in [1.807, 2.05) is 37.3 Å². The second-order valence-corrected chi connectivity index (χ2v) is 7.50. The Hall–Kier alpha value is -3.09. The van der Waals surface area contributed by atoms with E-state index < -0.39 is 5.91 Å². The van der Waals surface area contributed by atoms with Gasteiger partial charge in [0.1, 0.15) is 17.6 Å². The van der Waals surface area contributed by atoms with E-state index in [4.69, 9.17) is 21.1 Å². The molecule has 1 atom stereocenters. The number of carbonyl (C=O) groups excluding carboxylic acids is 2. The zero-order valence-electron chi connectivity index (χ0n) is 17.5. The average molecular weight is 441 g/mol. The Morgan fingerprint density at radius 3 is 2.65 bits per heavy atom. The van der Waals surface area contributed by atoms with E-state index in [9.17, 15) is 9.59 Å². The standard InChI is InChI=1S/C24H25ClN2O4/c1-16-19(14-18-6-3-4-7-22(18)31-16)15-21(24(29)26-12-5-13-30-2)27-23(28)17-8-10-20(25)11-9-17/h3-4,6-11,14-16H,5,12-13H2,1-2H3,(H,26,29)(H,27,28)/b21-15+. The number of nitrogens with one attached hydrogen (secondary N) is 2. The molecule has 162 valence electrons. The number of rotatable bonds is 8. The minimum Gasteiger partial charge on any atom is -0.485 e. The Morgan fingerprint density at radius 1 is 1.16 bits per heavy atom. The van der Waals surface area contributed by atoms with Crippen LogP contribution in [0, 0.1) is 0 Å². The zero-order valence-corrected chi connectivity index (χ0v) is 18.2. The van der Waals surface area contributed by atoms with Gasteiger partial charge in [0.25, 0.3) is 11.8 Å². The zero-order chi connectivity index (χ0) is 22.2. The highest BCUT2D eigenvalue weighted by molar-refractivity contribution is 6.30. The van der Waals surface area contributed by atoms with Crippen LogP contribution in [0.4, 0.5) is 0 Å². The maximum absolute atomic E-state index is 12.8. The van der Waals surface area contributed by atoms with Crippen LogP contribution in [0.15, 0.2) is 65.9 Å². The summed E-state index contributed by atoms with van der Waals surface area (Å²) in [5, 5.41) is 6.07. The summed E-state index contributed by atoms with van der Waals surface area (Å²) in [6, 6.07) is 14.1. The summed E-state index contributed by atoms with van der Waals surface area (Å²) in [7, 11) is 1.61. The lowest BCUT2D eigenvalue weighted by Crippen LogP contribution is -2.36. The topological polar surface area (TPSA) is 76.7 Å².